The lowest BCUT2D eigenvalue weighted by Gasteiger charge is -2.07. The van der Waals surface area contributed by atoms with Crippen molar-refractivity contribution in [2.45, 2.75) is 40.8 Å². The monoisotopic (exact) mass is 512 g/mol. The average molecular weight is 514 g/mol. The minimum absolute atomic E-state index is 0.0928. The maximum absolute atomic E-state index is 12.2. The lowest BCUT2D eigenvalue weighted by atomic mass is 10.4. The van der Waals surface area contributed by atoms with Crippen LogP contribution in [0.2, 0.25) is 5.02 Å². The highest BCUT2D eigenvalue weighted by atomic mass is 79.9. The van der Waals surface area contributed by atoms with Crippen LogP contribution in [0.4, 0.5) is 0 Å². The van der Waals surface area contributed by atoms with Crippen molar-refractivity contribution in [1.29, 1.82) is 0 Å². The summed E-state index contributed by atoms with van der Waals surface area (Å²) in [6.45, 7) is 8.14. The molecule has 166 valence electrons. The zero-order chi connectivity index (χ0) is 22.7. The smallest absolute Gasteiger partial charge is 0.316 e. The maximum Gasteiger partial charge on any atom is 0.316 e. The van der Waals surface area contributed by atoms with Gasteiger partial charge < -0.3 is 15.2 Å². The van der Waals surface area contributed by atoms with Gasteiger partial charge in [-0.05, 0) is 43.6 Å². The van der Waals surface area contributed by atoms with E-state index < -0.39 is 5.91 Å². The number of carbonyl (C=O) groups is 2. The molecule has 2 amide bonds. The zero-order valence-electron chi connectivity index (χ0n) is 17.5. The van der Waals surface area contributed by atoms with E-state index in [0.717, 1.165) is 21.6 Å². The van der Waals surface area contributed by atoms with E-state index in [1.165, 1.54) is 0 Å². The molecule has 3 aromatic rings. The number of halogens is 2. The molecule has 3 rings (SSSR count). The molecule has 0 radical (unpaired) electrons. The number of nitrogens with zero attached hydrogens (tertiary/aromatic N) is 6. The summed E-state index contributed by atoms with van der Waals surface area (Å²) in [7, 11) is 0. The first-order chi connectivity index (χ1) is 14.7. The Morgan fingerprint density at radius 3 is 2.32 bits per heavy atom. The van der Waals surface area contributed by atoms with Crippen LogP contribution in [0.25, 0.3) is 0 Å². The molecule has 0 bridgehead atoms. The van der Waals surface area contributed by atoms with Gasteiger partial charge in [0.1, 0.15) is 13.1 Å². The van der Waals surface area contributed by atoms with E-state index in [1.807, 2.05) is 20.8 Å². The van der Waals surface area contributed by atoms with Gasteiger partial charge >= 0.3 is 11.8 Å². The van der Waals surface area contributed by atoms with E-state index in [9.17, 15) is 9.59 Å². The first-order valence-corrected chi connectivity index (χ1v) is 10.6. The van der Waals surface area contributed by atoms with Gasteiger partial charge in [0, 0.05) is 13.1 Å². The molecule has 13 heteroatoms. The second-order valence-electron chi connectivity index (χ2n) is 6.91. The van der Waals surface area contributed by atoms with Crippen LogP contribution in [0.3, 0.4) is 0 Å². The van der Waals surface area contributed by atoms with E-state index in [-0.39, 0.29) is 38.0 Å². The third kappa shape index (κ3) is 5.31. The zero-order valence-corrected chi connectivity index (χ0v) is 19.8. The highest BCUT2D eigenvalue weighted by Gasteiger charge is 2.17. The van der Waals surface area contributed by atoms with Gasteiger partial charge in [0.25, 0.3) is 0 Å². The summed E-state index contributed by atoms with van der Waals surface area (Å²) >= 11 is 9.55. The molecule has 0 aliphatic carbocycles. The summed E-state index contributed by atoms with van der Waals surface area (Å²) in [4.78, 5) is 28.3. The molecule has 2 N–H and O–H groups in total. The van der Waals surface area contributed by atoms with Crippen molar-refractivity contribution in [1.82, 2.24) is 40.3 Å². The van der Waals surface area contributed by atoms with Crippen LogP contribution in [0.5, 0.6) is 0 Å². The summed E-state index contributed by atoms with van der Waals surface area (Å²) in [6, 6.07) is 0. The number of aromatic nitrogens is 6. The lowest BCUT2D eigenvalue weighted by Crippen LogP contribution is -2.36. The average Bonchev–Trinajstić information content (AvgIpc) is 3.36. The fraction of sp³-hybridized carbons (Fsp3) is 0.444. The molecule has 0 aliphatic rings. The lowest BCUT2D eigenvalue weighted by molar-refractivity contribution is -0.121. The highest BCUT2D eigenvalue weighted by molar-refractivity contribution is 9.10. The van der Waals surface area contributed by atoms with Gasteiger partial charge in [-0.15, -0.1) is 0 Å². The van der Waals surface area contributed by atoms with Crippen molar-refractivity contribution >= 4 is 39.3 Å². The number of aryl methyl sites for hydroxylation is 2. The fourth-order valence-electron chi connectivity index (χ4n) is 2.85. The molecule has 0 aromatic carbocycles. The van der Waals surface area contributed by atoms with Crippen molar-refractivity contribution in [3.63, 3.8) is 0 Å². The molecule has 0 aliphatic heterocycles. The number of hydrogen-bond acceptors (Lipinski definition) is 7. The van der Waals surface area contributed by atoms with Crippen LogP contribution < -0.4 is 10.6 Å². The summed E-state index contributed by atoms with van der Waals surface area (Å²) in [5.74, 6) is -0.601. The Labute approximate surface area is 191 Å². The highest BCUT2D eigenvalue weighted by Crippen LogP contribution is 2.20. The number of hydrogen-bond donors (Lipinski definition) is 2. The largest absolute Gasteiger partial charge is 0.353 e. The van der Waals surface area contributed by atoms with E-state index in [4.69, 9.17) is 16.1 Å². The van der Waals surface area contributed by atoms with Gasteiger partial charge in [-0.3, -0.25) is 19.0 Å². The Kier molecular flexibility index (Phi) is 7.11. The number of nitrogens with one attached hydrogen (secondary N) is 2. The van der Waals surface area contributed by atoms with Crippen molar-refractivity contribution in [2.75, 3.05) is 13.1 Å². The predicted molar refractivity (Wildman–Crippen MR) is 115 cm³/mol. The van der Waals surface area contributed by atoms with Crippen molar-refractivity contribution in [3.8, 4) is 0 Å². The SMILES string of the molecule is Cc1nn(Cc2noc(C(=O)NCCNC(=O)Cn3nc(C)c(Br)c3C)n2)c(C)c1Cl. The minimum atomic E-state index is -0.526. The van der Waals surface area contributed by atoms with Crippen molar-refractivity contribution in [3.05, 3.63) is 44.0 Å². The molecule has 31 heavy (non-hydrogen) atoms. The van der Waals surface area contributed by atoms with Crippen LogP contribution in [-0.4, -0.2) is 54.6 Å². The third-order valence-electron chi connectivity index (χ3n) is 4.57. The Morgan fingerprint density at radius 1 is 1.03 bits per heavy atom. The Morgan fingerprint density at radius 2 is 1.71 bits per heavy atom. The third-order valence-corrected chi connectivity index (χ3v) is 6.26. The number of rotatable bonds is 8. The standard InChI is InChI=1S/C18H22BrClN8O3/c1-9-15(19)11(3)28(24-9)8-14(29)21-5-6-22-17(30)18-23-13(26-31-18)7-27-12(4)16(20)10(2)25-27/h5-8H2,1-4H3,(H,21,29)(H,22,30). The predicted octanol–water partition coefficient (Wildman–Crippen LogP) is 1.71. The van der Waals surface area contributed by atoms with Crippen molar-refractivity contribution < 1.29 is 14.1 Å². The molecule has 3 heterocycles. The quantitative estimate of drug-likeness (QED) is 0.438. The molecule has 0 saturated heterocycles. The molecular formula is C18H22BrClN8O3. The van der Waals surface area contributed by atoms with E-state index in [1.54, 1.807) is 16.3 Å². The summed E-state index contributed by atoms with van der Waals surface area (Å²) in [5, 5.41) is 18.3. The topological polar surface area (TPSA) is 133 Å². The first-order valence-electron chi connectivity index (χ1n) is 9.43. The van der Waals surface area contributed by atoms with Gasteiger partial charge in [-0.1, -0.05) is 16.8 Å². The molecular weight excluding hydrogens is 492 g/mol. The summed E-state index contributed by atoms with van der Waals surface area (Å²) in [5.41, 5.74) is 3.17. The summed E-state index contributed by atoms with van der Waals surface area (Å²) < 4.78 is 9.14. The summed E-state index contributed by atoms with van der Waals surface area (Å²) in [6.07, 6.45) is 0. The fourth-order valence-corrected chi connectivity index (χ4v) is 3.27. The molecule has 0 unspecified atom stereocenters. The normalized spacial score (nSPS) is 11.0. The van der Waals surface area contributed by atoms with Crippen LogP contribution in [-0.2, 0) is 17.9 Å². The van der Waals surface area contributed by atoms with Crippen LogP contribution in [0, 0.1) is 27.7 Å². The van der Waals surface area contributed by atoms with E-state index >= 15 is 0 Å². The molecule has 3 aromatic heterocycles. The van der Waals surface area contributed by atoms with Gasteiger partial charge in [-0.25, -0.2) is 0 Å². The second-order valence-corrected chi connectivity index (χ2v) is 8.08. The number of amides is 2. The second kappa shape index (κ2) is 9.60. The van der Waals surface area contributed by atoms with Gasteiger partial charge in [0.05, 0.1) is 32.3 Å². The van der Waals surface area contributed by atoms with Gasteiger partial charge in [0.15, 0.2) is 5.82 Å². The Bertz CT molecular complexity index is 1120. The minimum Gasteiger partial charge on any atom is -0.353 e. The molecule has 0 saturated carbocycles. The Hall–Kier alpha value is -2.73. The van der Waals surface area contributed by atoms with E-state index in [0.29, 0.717) is 16.5 Å². The molecule has 0 fully saturated rings. The maximum atomic E-state index is 12.2. The molecule has 0 spiro atoms. The van der Waals surface area contributed by atoms with Crippen LogP contribution in [0.15, 0.2) is 9.00 Å². The molecule has 0 atom stereocenters. The van der Waals surface area contributed by atoms with Crippen molar-refractivity contribution in [2.24, 2.45) is 0 Å². The van der Waals surface area contributed by atoms with Crippen LogP contribution >= 0.6 is 27.5 Å². The van der Waals surface area contributed by atoms with E-state index in [2.05, 4.69) is 46.9 Å². The molecule has 11 nitrogen and oxygen atoms in total. The number of carbonyl (C=O) groups excluding carboxylic acids is 2. The van der Waals surface area contributed by atoms with Gasteiger partial charge in [-0.2, -0.15) is 15.2 Å². The van der Waals surface area contributed by atoms with Crippen LogP contribution in [0.1, 0.15) is 39.3 Å². The Balaban J connectivity index is 1.44. The van der Waals surface area contributed by atoms with Gasteiger partial charge in [0.2, 0.25) is 5.91 Å². The first kappa shape index (κ1) is 22.9.